The first-order valence-corrected chi connectivity index (χ1v) is 24.8. The molecule has 10 aromatic carbocycles. The molecule has 0 unspecified atom stereocenters. The second-order valence-electron chi connectivity index (χ2n) is 17.4. The summed E-state index contributed by atoms with van der Waals surface area (Å²) >= 11 is 3.66. The fourth-order valence-corrected chi connectivity index (χ4v) is 11.9. The lowest BCUT2D eigenvalue weighted by Gasteiger charge is -2.25. The van der Waals surface area contributed by atoms with E-state index in [1.165, 1.54) is 40.3 Å². The van der Waals surface area contributed by atoms with E-state index in [9.17, 15) is 0 Å². The summed E-state index contributed by atoms with van der Waals surface area (Å²) in [4.78, 5) is 14.6. The molecular formula is C62H38N4O2S2. The molecule has 0 spiro atoms. The maximum Gasteiger partial charge on any atom is 0.227 e. The second kappa shape index (κ2) is 16.5. The van der Waals surface area contributed by atoms with E-state index in [-0.39, 0.29) is 0 Å². The van der Waals surface area contributed by atoms with Gasteiger partial charge in [-0.05, 0) is 157 Å². The van der Waals surface area contributed by atoms with Gasteiger partial charge in [-0.25, -0.2) is 9.97 Å². The van der Waals surface area contributed by atoms with Crippen LogP contribution in [0.2, 0.25) is 0 Å². The Morgan fingerprint density at radius 1 is 0.286 bits per heavy atom. The molecule has 70 heavy (non-hydrogen) atoms. The Labute approximate surface area is 410 Å². The highest BCUT2D eigenvalue weighted by Crippen LogP contribution is 2.43. The van der Waals surface area contributed by atoms with Crippen molar-refractivity contribution in [3.63, 3.8) is 0 Å². The summed E-state index contributed by atoms with van der Waals surface area (Å²) in [7, 11) is 0. The Morgan fingerprint density at radius 3 is 1.09 bits per heavy atom. The molecule has 0 N–H and O–H groups in total. The monoisotopic (exact) mass is 934 g/mol. The van der Waals surface area contributed by atoms with Gasteiger partial charge in [0.2, 0.25) is 11.8 Å². The van der Waals surface area contributed by atoms with Gasteiger partial charge in [0.15, 0.2) is 11.2 Å². The average Bonchev–Trinajstić information content (AvgIpc) is 4.22. The van der Waals surface area contributed by atoms with E-state index in [2.05, 4.69) is 228 Å². The molecule has 0 bridgehead atoms. The highest BCUT2D eigenvalue weighted by atomic mass is 32.1. The summed E-state index contributed by atoms with van der Waals surface area (Å²) in [5.41, 5.74) is 13.3. The highest BCUT2D eigenvalue weighted by molar-refractivity contribution is 7.26. The van der Waals surface area contributed by atoms with Crippen molar-refractivity contribution < 1.29 is 8.83 Å². The zero-order chi connectivity index (χ0) is 46.1. The third kappa shape index (κ3) is 7.00. The molecule has 14 rings (SSSR count). The van der Waals surface area contributed by atoms with E-state index < -0.39 is 0 Å². The quantitative estimate of drug-likeness (QED) is 0.144. The fourth-order valence-electron chi connectivity index (χ4n) is 9.72. The fraction of sp³-hybridized carbons (Fsp3) is 0. The van der Waals surface area contributed by atoms with Crippen LogP contribution in [0.4, 0.5) is 34.1 Å². The van der Waals surface area contributed by atoms with Crippen LogP contribution in [0.1, 0.15) is 0 Å². The van der Waals surface area contributed by atoms with Gasteiger partial charge in [-0.3, -0.25) is 0 Å². The number of aromatic nitrogens is 2. The lowest BCUT2D eigenvalue weighted by atomic mass is 10.0. The number of oxazole rings is 2. The Balaban J connectivity index is 0.735. The molecule has 330 valence electrons. The van der Waals surface area contributed by atoms with E-state index in [1.54, 1.807) is 0 Å². The summed E-state index contributed by atoms with van der Waals surface area (Å²) in [6.07, 6.45) is 0. The van der Waals surface area contributed by atoms with Crippen molar-refractivity contribution >= 4 is 119 Å². The molecule has 0 radical (unpaired) electrons. The van der Waals surface area contributed by atoms with Crippen LogP contribution in [0.5, 0.6) is 0 Å². The Kier molecular flexibility index (Phi) is 9.46. The average molecular weight is 935 g/mol. The van der Waals surface area contributed by atoms with E-state index >= 15 is 0 Å². The van der Waals surface area contributed by atoms with Crippen molar-refractivity contribution in [3.05, 3.63) is 231 Å². The Bertz CT molecular complexity index is 3970. The molecule has 0 saturated heterocycles. The smallest absolute Gasteiger partial charge is 0.227 e. The first-order chi connectivity index (χ1) is 34.6. The van der Waals surface area contributed by atoms with Crippen LogP contribution in [0, 0.1) is 0 Å². The Hall–Kier alpha value is -8.82. The number of hydrogen-bond acceptors (Lipinski definition) is 8. The predicted octanol–water partition coefficient (Wildman–Crippen LogP) is 18.6. The molecule has 0 aliphatic heterocycles. The molecule has 4 aromatic heterocycles. The number of benzene rings is 10. The van der Waals surface area contributed by atoms with Crippen molar-refractivity contribution in [3.8, 4) is 34.0 Å². The van der Waals surface area contributed by atoms with Gasteiger partial charge in [-0.2, -0.15) is 0 Å². The maximum absolute atomic E-state index is 6.37. The lowest BCUT2D eigenvalue weighted by molar-refractivity contribution is 0.619. The standard InChI is InChI=1S/C62H38N4O2S2/c1-3-11-43(12-4-1)65(47-29-33-59-51(37-47)49-15-7-9-17-57(49)69-59)45-25-19-39(20-26-45)61-63-53-35-41(23-31-55(53)67-61)42-24-32-56-54(36-42)64-62(68-56)40-21-27-46(28-22-40)66(44-13-5-2-6-14-44)48-30-34-60-52(38-48)50-16-8-10-18-58(50)70-60/h1-38H. The molecule has 0 aliphatic carbocycles. The number of hydrogen-bond donors (Lipinski definition) is 0. The van der Waals surface area contributed by atoms with E-state index in [4.69, 9.17) is 18.8 Å². The lowest BCUT2D eigenvalue weighted by Crippen LogP contribution is -2.09. The molecular weight excluding hydrogens is 897 g/mol. The molecule has 14 aromatic rings. The van der Waals surface area contributed by atoms with Crippen LogP contribution >= 0.6 is 22.7 Å². The van der Waals surface area contributed by atoms with Crippen molar-refractivity contribution in [2.24, 2.45) is 0 Å². The van der Waals surface area contributed by atoms with Gasteiger partial charge in [0.1, 0.15) is 11.0 Å². The summed E-state index contributed by atoms with van der Waals surface area (Å²) in [6.45, 7) is 0. The molecule has 0 fully saturated rings. The van der Waals surface area contributed by atoms with Crippen molar-refractivity contribution in [1.29, 1.82) is 0 Å². The van der Waals surface area contributed by atoms with E-state index in [1.807, 2.05) is 34.8 Å². The number of nitrogens with zero attached hydrogens (tertiary/aromatic N) is 4. The number of rotatable bonds is 9. The van der Waals surface area contributed by atoms with Crippen LogP contribution < -0.4 is 9.80 Å². The summed E-state index contributed by atoms with van der Waals surface area (Å²) in [5, 5.41) is 5.08. The summed E-state index contributed by atoms with van der Waals surface area (Å²) in [5.74, 6) is 1.14. The second-order valence-corrected chi connectivity index (χ2v) is 19.6. The summed E-state index contributed by atoms with van der Waals surface area (Å²) < 4.78 is 17.9. The molecule has 6 nitrogen and oxygen atoms in total. The highest BCUT2D eigenvalue weighted by Gasteiger charge is 2.19. The number of para-hydroxylation sites is 2. The molecule has 0 saturated carbocycles. The van der Waals surface area contributed by atoms with Gasteiger partial charge < -0.3 is 18.6 Å². The molecule has 8 heteroatoms. The topological polar surface area (TPSA) is 58.5 Å². The normalized spacial score (nSPS) is 11.7. The SMILES string of the molecule is c1ccc(N(c2ccc(-c3nc4cc(-c5ccc6oc(-c7ccc(N(c8ccccc8)c8ccc9sc%10ccccc%10c9c8)cc7)nc6c5)ccc4o3)cc2)c2ccc3sc4ccccc4c3c2)cc1. The first-order valence-electron chi connectivity index (χ1n) is 23.2. The minimum absolute atomic E-state index is 0.572. The van der Waals surface area contributed by atoms with Gasteiger partial charge >= 0.3 is 0 Å². The predicted molar refractivity (Wildman–Crippen MR) is 293 cm³/mol. The largest absolute Gasteiger partial charge is 0.436 e. The number of fused-ring (bicyclic) bond motifs is 8. The van der Waals surface area contributed by atoms with Crippen LogP contribution in [-0.2, 0) is 0 Å². The van der Waals surface area contributed by atoms with E-state index in [0.29, 0.717) is 11.8 Å². The van der Waals surface area contributed by atoms with E-state index in [0.717, 1.165) is 78.6 Å². The minimum Gasteiger partial charge on any atom is -0.436 e. The number of anilines is 6. The van der Waals surface area contributed by atoms with Gasteiger partial charge in [-0.15, -0.1) is 22.7 Å². The van der Waals surface area contributed by atoms with Gasteiger partial charge in [0, 0.05) is 85.6 Å². The van der Waals surface area contributed by atoms with Crippen LogP contribution in [0.25, 0.3) is 96.6 Å². The number of thiophene rings is 2. The van der Waals surface area contributed by atoms with Gasteiger partial charge in [0.05, 0.1) is 0 Å². The van der Waals surface area contributed by atoms with Crippen LogP contribution in [-0.4, -0.2) is 9.97 Å². The zero-order valence-corrected chi connectivity index (χ0v) is 39.0. The Morgan fingerprint density at radius 2 is 0.643 bits per heavy atom. The van der Waals surface area contributed by atoms with Crippen molar-refractivity contribution in [2.45, 2.75) is 0 Å². The van der Waals surface area contributed by atoms with Gasteiger partial charge in [0.25, 0.3) is 0 Å². The van der Waals surface area contributed by atoms with Gasteiger partial charge in [-0.1, -0.05) is 84.9 Å². The third-order valence-electron chi connectivity index (χ3n) is 13.1. The molecule has 0 amide bonds. The molecule has 0 aliphatic rings. The van der Waals surface area contributed by atoms with Crippen LogP contribution in [0.3, 0.4) is 0 Å². The molecule has 0 atom stereocenters. The van der Waals surface area contributed by atoms with Crippen molar-refractivity contribution in [1.82, 2.24) is 9.97 Å². The van der Waals surface area contributed by atoms with Crippen LogP contribution in [0.15, 0.2) is 239 Å². The van der Waals surface area contributed by atoms with Crippen molar-refractivity contribution in [2.75, 3.05) is 9.80 Å². The zero-order valence-electron chi connectivity index (χ0n) is 37.4. The minimum atomic E-state index is 0.572. The third-order valence-corrected chi connectivity index (χ3v) is 15.4. The maximum atomic E-state index is 6.37. The molecule has 4 heterocycles. The summed E-state index contributed by atoms with van der Waals surface area (Å²) in [6, 6.07) is 81.0. The first kappa shape index (κ1) is 40.3.